The van der Waals surface area contributed by atoms with Crippen molar-refractivity contribution in [2.75, 3.05) is 13.2 Å². The molecule has 31 heavy (non-hydrogen) atoms. The summed E-state index contributed by atoms with van der Waals surface area (Å²) in [6.07, 6.45) is 2.69. The molecule has 0 bridgehead atoms. The number of rotatable bonds is 3. The second kappa shape index (κ2) is 8.88. The Morgan fingerprint density at radius 3 is 2.52 bits per heavy atom. The lowest BCUT2D eigenvalue weighted by Crippen LogP contribution is -2.28. The van der Waals surface area contributed by atoms with Gasteiger partial charge in [-0.2, -0.15) is 0 Å². The zero-order valence-corrected chi connectivity index (χ0v) is 17.9. The first-order chi connectivity index (χ1) is 14.9. The first-order valence-electron chi connectivity index (χ1n) is 10.0. The summed E-state index contributed by atoms with van der Waals surface area (Å²) < 4.78 is 31.0. The van der Waals surface area contributed by atoms with Crippen molar-refractivity contribution in [3.05, 3.63) is 71.7 Å². The highest BCUT2D eigenvalue weighted by molar-refractivity contribution is 7.92. The van der Waals surface area contributed by atoms with Crippen molar-refractivity contribution >= 4 is 9.84 Å². The summed E-state index contributed by atoms with van der Waals surface area (Å²) in [5.74, 6) is 6.14. The fourth-order valence-corrected chi connectivity index (χ4v) is 5.13. The summed E-state index contributed by atoms with van der Waals surface area (Å²) in [6, 6.07) is 13.4. The molecule has 0 atom stereocenters. The highest BCUT2D eigenvalue weighted by Gasteiger charge is 2.29. The smallest absolute Gasteiger partial charge is 0.181 e. The number of nitrogens with zero attached hydrogens (tertiary/aromatic N) is 2. The third-order valence-corrected chi connectivity index (χ3v) is 7.49. The van der Waals surface area contributed by atoms with Gasteiger partial charge in [0.25, 0.3) is 0 Å². The first-order valence-corrected chi connectivity index (χ1v) is 11.5. The number of hydrogen-bond donors (Lipinski definition) is 1. The highest BCUT2D eigenvalue weighted by atomic mass is 32.2. The van der Waals surface area contributed by atoms with Gasteiger partial charge in [0.05, 0.1) is 27.7 Å². The van der Waals surface area contributed by atoms with Crippen molar-refractivity contribution in [2.45, 2.75) is 29.9 Å². The van der Waals surface area contributed by atoms with Crippen molar-refractivity contribution < 1.29 is 18.3 Å². The quantitative estimate of drug-likeness (QED) is 0.635. The number of ether oxygens (including phenoxy) is 1. The number of aromatic nitrogens is 2. The molecule has 158 valence electrons. The van der Waals surface area contributed by atoms with E-state index in [9.17, 15) is 13.5 Å². The van der Waals surface area contributed by atoms with Gasteiger partial charge in [-0.3, -0.25) is 4.98 Å². The van der Waals surface area contributed by atoms with Gasteiger partial charge in [0.15, 0.2) is 9.84 Å². The summed E-state index contributed by atoms with van der Waals surface area (Å²) in [5.41, 5.74) is 3.27. The van der Waals surface area contributed by atoms with E-state index in [4.69, 9.17) is 4.74 Å². The fourth-order valence-electron chi connectivity index (χ4n) is 3.42. The average Bonchev–Trinajstić information content (AvgIpc) is 2.79. The number of phenols is 1. The molecule has 1 N–H and O–H groups in total. The maximum Gasteiger partial charge on any atom is 0.181 e. The summed E-state index contributed by atoms with van der Waals surface area (Å²) in [4.78, 5) is 9.29. The predicted molar refractivity (Wildman–Crippen MR) is 117 cm³/mol. The van der Waals surface area contributed by atoms with E-state index < -0.39 is 15.1 Å². The number of benzene rings is 2. The average molecular weight is 435 g/mol. The Morgan fingerprint density at radius 2 is 1.81 bits per heavy atom. The third kappa shape index (κ3) is 4.76. The van der Waals surface area contributed by atoms with Crippen molar-refractivity contribution in [1.82, 2.24) is 9.97 Å². The van der Waals surface area contributed by atoms with Gasteiger partial charge in [-0.25, -0.2) is 13.4 Å². The van der Waals surface area contributed by atoms with Gasteiger partial charge in [0, 0.05) is 24.3 Å². The third-order valence-electron chi connectivity index (χ3n) is 5.21. The molecule has 0 saturated carbocycles. The van der Waals surface area contributed by atoms with Gasteiger partial charge in [0.2, 0.25) is 0 Å². The SMILES string of the molecule is Cc1ncc(-c2ccc(S(=O)(=O)C3CCOCC3)cc2)nc1C#Cc1cccc(O)c1. The van der Waals surface area contributed by atoms with Crippen molar-refractivity contribution in [3.8, 4) is 28.8 Å². The lowest BCUT2D eigenvalue weighted by molar-refractivity contribution is 0.0983. The zero-order chi connectivity index (χ0) is 21.8. The molecular weight excluding hydrogens is 412 g/mol. The number of phenolic OH excluding ortho intramolecular Hbond substituents is 1. The molecular formula is C24H22N2O4S. The van der Waals surface area contributed by atoms with Crippen LogP contribution in [0.4, 0.5) is 0 Å². The normalized spacial score (nSPS) is 14.6. The van der Waals surface area contributed by atoms with Crippen LogP contribution in [0.15, 0.2) is 59.6 Å². The molecule has 4 rings (SSSR count). The van der Waals surface area contributed by atoms with E-state index in [2.05, 4.69) is 21.8 Å². The van der Waals surface area contributed by atoms with E-state index in [1.165, 1.54) is 0 Å². The van der Waals surface area contributed by atoms with Crippen LogP contribution >= 0.6 is 0 Å². The standard InChI is InChI=1S/C24H22N2O4S/c1-17-23(10-5-18-3-2-4-20(27)15-18)26-24(16-25-17)19-6-8-21(9-7-19)31(28,29)22-11-13-30-14-12-22/h2-4,6-9,15-16,22,27H,11-14H2,1H3. The molecule has 0 amide bonds. The number of aryl methyl sites for hydroxylation is 1. The number of sulfone groups is 1. The van der Waals surface area contributed by atoms with Gasteiger partial charge < -0.3 is 9.84 Å². The summed E-state index contributed by atoms with van der Waals surface area (Å²) in [7, 11) is -3.38. The fraction of sp³-hybridized carbons (Fsp3) is 0.250. The Bertz CT molecular complexity index is 1250. The number of hydrogen-bond acceptors (Lipinski definition) is 6. The minimum Gasteiger partial charge on any atom is -0.508 e. The topological polar surface area (TPSA) is 89.4 Å². The summed E-state index contributed by atoms with van der Waals surface area (Å²) >= 11 is 0. The van der Waals surface area contributed by atoms with Crippen LogP contribution in [0.25, 0.3) is 11.3 Å². The Balaban J connectivity index is 1.60. The second-order valence-corrected chi connectivity index (χ2v) is 9.60. The molecule has 1 fully saturated rings. The molecule has 0 unspecified atom stereocenters. The van der Waals surface area contributed by atoms with Crippen molar-refractivity contribution in [3.63, 3.8) is 0 Å². The van der Waals surface area contributed by atoms with Gasteiger partial charge in [-0.1, -0.05) is 24.1 Å². The highest BCUT2D eigenvalue weighted by Crippen LogP contribution is 2.26. The molecule has 1 aromatic heterocycles. The van der Waals surface area contributed by atoms with E-state index in [0.29, 0.717) is 53.6 Å². The number of aromatic hydroxyl groups is 1. The molecule has 1 saturated heterocycles. The van der Waals surface area contributed by atoms with E-state index in [1.54, 1.807) is 54.7 Å². The van der Waals surface area contributed by atoms with Crippen LogP contribution in [0.3, 0.4) is 0 Å². The van der Waals surface area contributed by atoms with Gasteiger partial charge >= 0.3 is 0 Å². The lowest BCUT2D eigenvalue weighted by Gasteiger charge is -2.22. The second-order valence-electron chi connectivity index (χ2n) is 7.37. The van der Waals surface area contributed by atoms with E-state index in [0.717, 1.165) is 5.56 Å². The van der Waals surface area contributed by atoms with Gasteiger partial charge in [-0.05, 0) is 56.0 Å². The molecule has 7 heteroatoms. The Kier molecular flexibility index (Phi) is 6.03. The molecule has 2 heterocycles. The molecule has 0 spiro atoms. The van der Waals surface area contributed by atoms with Crippen molar-refractivity contribution in [1.29, 1.82) is 0 Å². The molecule has 2 aromatic carbocycles. The maximum atomic E-state index is 12.9. The largest absolute Gasteiger partial charge is 0.508 e. The van der Waals surface area contributed by atoms with Crippen LogP contribution in [0, 0.1) is 18.8 Å². The minimum atomic E-state index is -3.38. The Morgan fingerprint density at radius 1 is 1.06 bits per heavy atom. The summed E-state index contributed by atoms with van der Waals surface area (Å²) in [5, 5.41) is 9.18. The van der Waals surface area contributed by atoms with E-state index in [1.807, 2.05) is 6.92 Å². The Labute approximate surface area is 181 Å². The molecule has 0 aliphatic carbocycles. The molecule has 1 aliphatic rings. The predicted octanol–water partition coefficient (Wildman–Crippen LogP) is 3.51. The van der Waals surface area contributed by atoms with E-state index >= 15 is 0 Å². The van der Waals surface area contributed by atoms with Crippen LogP contribution in [0.5, 0.6) is 5.75 Å². The van der Waals surface area contributed by atoms with Crippen molar-refractivity contribution in [2.24, 2.45) is 0 Å². The van der Waals surface area contributed by atoms with Crippen LogP contribution < -0.4 is 0 Å². The van der Waals surface area contributed by atoms with Gasteiger partial charge in [0.1, 0.15) is 11.4 Å². The minimum absolute atomic E-state index is 0.152. The molecule has 0 radical (unpaired) electrons. The monoisotopic (exact) mass is 434 g/mol. The van der Waals surface area contributed by atoms with Crippen LogP contribution in [-0.4, -0.2) is 42.0 Å². The van der Waals surface area contributed by atoms with Crippen LogP contribution in [0.1, 0.15) is 29.8 Å². The van der Waals surface area contributed by atoms with E-state index in [-0.39, 0.29) is 5.75 Å². The molecule has 1 aliphatic heterocycles. The van der Waals surface area contributed by atoms with Gasteiger partial charge in [-0.15, -0.1) is 0 Å². The van der Waals surface area contributed by atoms with Crippen LogP contribution in [-0.2, 0) is 14.6 Å². The molecule has 6 nitrogen and oxygen atoms in total. The first kappa shape index (κ1) is 21.0. The maximum absolute atomic E-state index is 12.9. The molecule has 3 aromatic rings. The zero-order valence-electron chi connectivity index (χ0n) is 17.1. The Hall–Kier alpha value is -3.21. The lowest BCUT2D eigenvalue weighted by atomic mass is 10.1. The summed E-state index contributed by atoms with van der Waals surface area (Å²) in [6.45, 7) is 2.79. The van der Waals surface area contributed by atoms with Crippen LogP contribution in [0.2, 0.25) is 0 Å².